The molecule has 1 aliphatic rings. The van der Waals surface area contributed by atoms with Crippen LogP contribution in [0.2, 0.25) is 0 Å². The second-order valence-corrected chi connectivity index (χ2v) is 7.10. The fraction of sp³-hybridized carbons (Fsp3) is 0.571. The van der Waals surface area contributed by atoms with Gasteiger partial charge in [-0.25, -0.2) is 13.1 Å². The lowest BCUT2D eigenvalue weighted by Gasteiger charge is -2.16. The summed E-state index contributed by atoms with van der Waals surface area (Å²) in [5.41, 5.74) is 6.99. The third-order valence-corrected chi connectivity index (χ3v) is 5.17. The van der Waals surface area contributed by atoms with Crippen molar-refractivity contribution in [2.24, 2.45) is 5.92 Å². The van der Waals surface area contributed by atoms with E-state index in [2.05, 4.69) is 4.72 Å². The molecule has 1 fully saturated rings. The Morgan fingerprint density at radius 3 is 2.68 bits per heavy atom. The first-order valence-corrected chi connectivity index (χ1v) is 8.31. The lowest BCUT2D eigenvalue weighted by molar-refractivity contribution is 0.529. The van der Waals surface area contributed by atoms with E-state index in [-0.39, 0.29) is 6.04 Å². The maximum atomic E-state index is 12.4. The molecule has 0 aromatic heterocycles. The number of rotatable bonds is 6. The van der Waals surface area contributed by atoms with Crippen molar-refractivity contribution < 1.29 is 8.42 Å². The van der Waals surface area contributed by atoms with Crippen LogP contribution in [0.5, 0.6) is 0 Å². The Labute approximate surface area is 115 Å². The molecule has 1 aromatic rings. The molecule has 0 spiro atoms. The van der Waals surface area contributed by atoms with Crippen LogP contribution in [0.4, 0.5) is 5.69 Å². The quantitative estimate of drug-likeness (QED) is 0.786. The topological polar surface area (TPSA) is 72.2 Å². The van der Waals surface area contributed by atoms with E-state index in [1.54, 1.807) is 18.2 Å². The van der Waals surface area contributed by atoms with Crippen LogP contribution in [0.25, 0.3) is 0 Å². The monoisotopic (exact) mass is 282 g/mol. The molecular weight excluding hydrogens is 260 g/mol. The summed E-state index contributed by atoms with van der Waals surface area (Å²) in [4.78, 5) is 0.317. The summed E-state index contributed by atoms with van der Waals surface area (Å²) in [5, 5.41) is 0. The van der Waals surface area contributed by atoms with E-state index in [0.717, 1.165) is 12.0 Å². The molecule has 0 saturated heterocycles. The Hall–Kier alpha value is -1.07. The average Bonchev–Trinajstić information content (AvgIpc) is 3.12. The maximum absolute atomic E-state index is 12.4. The van der Waals surface area contributed by atoms with E-state index in [9.17, 15) is 8.42 Å². The largest absolute Gasteiger partial charge is 0.399 e. The minimum absolute atomic E-state index is 0.0244. The van der Waals surface area contributed by atoms with Gasteiger partial charge in [-0.2, -0.15) is 0 Å². The first-order chi connectivity index (χ1) is 8.92. The Morgan fingerprint density at radius 1 is 1.42 bits per heavy atom. The molecule has 5 heteroatoms. The van der Waals surface area contributed by atoms with Gasteiger partial charge in [0.1, 0.15) is 0 Å². The molecule has 106 valence electrons. The van der Waals surface area contributed by atoms with Gasteiger partial charge in [0, 0.05) is 11.7 Å². The van der Waals surface area contributed by atoms with Crippen LogP contribution in [0.1, 0.15) is 38.7 Å². The molecule has 1 saturated carbocycles. The maximum Gasteiger partial charge on any atom is 0.241 e. The molecule has 0 aliphatic heterocycles. The molecule has 1 unspecified atom stereocenters. The summed E-state index contributed by atoms with van der Waals surface area (Å²) in [5.74, 6) is 0.698. The summed E-state index contributed by atoms with van der Waals surface area (Å²) in [6.07, 6.45) is 4.05. The third-order valence-electron chi connectivity index (χ3n) is 3.50. The van der Waals surface area contributed by atoms with E-state index in [1.807, 2.05) is 13.8 Å². The second-order valence-electron chi connectivity index (χ2n) is 5.42. The van der Waals surface area contributed by atoms with Crippen LogP contribution in [-0.2, 0) is 16.4 Å². The van der Waals surface area contributed by atoms with E-state index < -0.39 is 10.0 Å². The van der Waals surface area contributed by atoms with Crippen molar-refractivity contribution in [3.8, 4) is 0 Å². The van der Waals surface area contributed by atoms with Gasteiger partial charge in [-0.05, 0) is 43.4 Å². The minimum Gasteiger partial charge on any atom is -0.399 e. The van der Waals surface area contributed by atoms with Crippen molar-refractivity contribution in [3.05, 3.63) is 23.8 Å². The van der Waals surface area contributed by atoms with E-state index in [4.69, 9.17) is 5.73 Å². The molecule has 0 radical (unpaired) electrons. The fourth-order valence-corrected chi connectivity index (χ4v) is 3.95. The lowest BCUT2D eigenvalue weighted by Crippen LogP contribution is -2.33. The average molecular weight is 282 g/mol. The van der Waals surface area contributed by atoms with Gasteiger partial charge in [-0.1, -0.05) is 25.8 Å². The van der Waals surface area contributed by atoms with Gasteiger partial charge in [0.2, 0.25) is 10.0 Å². The summed E-state index contributed by atoms with van der Waals surface area (Å²) in [6.45, 7) is 3.87. The third kappa shape index (κ3) is 3.70. The number of sulfonamides is 1. The number of nitrogen functional groups attached to an aromatic ring is 1. The predicted molar refractivity (Wildman–Crippen MR) is 77.4 cm³/mol. The van der Waals surface area contributed by atoms with Crippen LogP contribution in [0.3, 0.4) is 0 Å². The van der Waals surface area contributed by atoms with Crippen LogP contribution in [-0.4, -0.2) is 14.5 Å². The normalized spacial score (nSPS) is 17.4. The van der Waals surface area contributed by atoms with E-state index >= 15 is 0 Å². The van der Waals surface area contributed by atoms with Crippen molar-refractivity contribution in [1.82, 2.24) is 4.72 Å². The second kappa shape index (κ2) is 5.51. The summed E-state index contributed by atoms with van der Waals surface area (Å²) in [6, 6.07) is 5.05. The molecule has 2 rings (SSSR count). The first kappa shape index (κ1) is 14.3. The smallest absolute Gasteiger partial charge is 0.241 e. The van der Waals surface area contributed by atoms with Crippen molar-refractivity contribution in [2.45, 2.75) is 50.5 Å². The zero-order valence-electron chi connectivity index (χ0n) is 11.5. The van der Waals surface area contributed by atoms with Crippen LogP contribution < -0.4 is 10.5 Å². The highest BCUT2D eigenvalue weighted by atomic mass is 32.2. The van der Waals surface area contributed by atoms with Gasteiger partial charge in [-0.15, -0.1) is 0 Å². The standard InChI is InChI=1S/C14H22N2O2S/c1-3-12-6-7-13(15)9-14(12)19(17,18)16-10(2)8-11-4-5-11/h6-7,9-11,16H,3-5,8,15H2,1-2H3. The minimum atomic E-state index is -3.47. The SMILES string of the molecule is CCc1ccc(N)cc1S(=O)(=O)NC(C)CC1CC1. The van der Waals surface area contributed by atoms with E-state index in [1.165, 1.54) is 12.8 Å². The fourth-order valence-electron chi connectivity index (χ4n) is 2.34. The van der Waals surface area contributed by atoms with Gasteiger partial charge in [0.25, 0.3) is 0 Å². The van der Waals surface area contributed by atoms with Gasteiger partial charge in [0.15, 0.2) is 0 Å². The molecular formula is C14H22N2O2S. The summed E-state index contributed by atoms with van der Waals surface area (Å²) < 4.78 is 27.6. The summed E-state index contributed by atoms with van der Waals surface area (Å²) in [7, 11) is -3.47. The number of aryl methyl sites for hydroxylation is 1. The van der Waals surface area contributed by atoms with Gasteiger partial charge >= 0.3 is 0 Å². The molecule has 0 heterocycles. The number of benzene rings is 1. The first-order valence-electron chi connectivity index (χ1n) is 6.83. The molecule has 19 heavy (non-hydrogen) atoms. The molecule has 1 aromatic carbocycles. The lowest BCUT2D eigenvalue weighted by atomic mass is 10.1. The molecule has 1 aliphatic carbocycles. The Bertz CT molecular complexity index is 551. The van der Waals surface area contributed by atoms with Crippen LogP contribution in [0.15, 0.2) is 23.1 Å². The number of nitrogens with two attached hydrogens (primary N) is 1. The number of anilines is 1. The molecule has 0 bridgehead atoms. The highest BCUT2D eigenvalue weighted by Crippen LogP contribution is 2.33. The van der Waals surface area contributed by atoms with Gasteiger partial charge in [0.05, 0.1) is 4.90 Å². The molecule has 4 nitrogen and oxygen atoms in total. The highest BCUT2D eigenvalue weighted by Gasteiger charge is 2.27. The van der Waals surface area contributed by atoms with E-state index in [0.29, 0.717) is 22.9 Å². The Kier molecular flexibility index (Phi) is 4.16. The van der Waals surface area contributed by atoms with Crippen LogP contribution in [0, 0.1) is 5.92 Å². The van der Waals surface area contributed by atoms with Gasteiger partial charge in [-0.3, -0.25) is 0 Å². The molecule has 0 amide bonds. The Balaban J connectivity index is 2.19. The van der Waals surface area contributed by atoms with Crippen molar-refractivity contribution in [1.29, 1.82) is 0 Å². The number of nitrogens with one attached hydrogen (secondary N) is 1. The number of hydrogen-bond donors (Lipinski definition) is 2. The Morgan fingerprint density at radius 2 is 2.11 bits per heavy atom. The van der Waals surface area contributed by atoms with Gasteiger partial charge < -0.3 is 5.73 Å². The molecule has 3 N–H and O–H groups in total. The molecule has 1 atom stereocenters. The van der Waals surface area contributed by atoms with Crippen molar-refractivity contribution in [2.75, 3.05) is 5.73 Å². The zero-order chi connectivity index (χ0) is 14.0. The van der Waals surface area contributed by atoms with Crippen molar-refractivity contribution >= 4 is 15.7 Å². The highest BCUT2D eigenvalue weighted by molar-refractivity contribution is 7.89. The van der Waals surface area contributed by atoms with Crippen LogP contribution >= 0.6 is 0 Å². The summed E-state index contributed by atoms with van der Waals surface area (Å²) >= 11 is 0. The predicted octanol–water partition coefficient (Wildman–Crippen LogP) is 2.30. The van der Waals surface area contributed by atoms with Crippen molar-refractivity contribution in [3.63, 3.8) is 0 Å². The zero-order valence-corrected chi connectivity index (χ0v) is 12.3. The number of hydrogen-bond acceptors (Lipinski definition) is 3.